The predicted molar refractivity (Wildman–Crippen MR) is 115 cm³/mol. The van der Waals surface area contributed by atoms with Gasteiger partial charge in [-0.15, -0.1) is 0 Å². The van der Waals surface area contributed by atoms with E-state index in [0.717, 1.165) is 33.2 Å². The van der Waals surface area contributed by atoms with Gasteiger partial charge in [0, 0.05) is 19.8 Å². The molecule has 0 unspecified atom stereocenters. The smallest absolute Gasteiger partial charge is 0.202 e. The highest BCUT2D eigenvalue weighted by molar-refractivity contribution is 6.03. The number of hydrogen-bond acceptors (Lipinski definition) is 2. The van der Waals surface area contributed by atoms with Gasteiger partial charge in [-0.25, -0.2) is 4.85 Å². The van der Waals surface area contributed by atoms with Gasteiger partial charge in [-0.1, -0.05) is 61.2 Å². The van der Waals surface area contributed by atoms with Crippen LogP contribution in [0.1, 0.15) is 22.3 Å². The molecule has 0 amide bonds. The van der Waals surface area contributed by atoms with E-state index in [4.69, 9.17) is 6.57 Å². The van der Waals surface area contributed by atoms with E-state index in [1.165, 1.54) is 0 Å². The van der Waals surface area contributed by atoms with Crippen LogP contribution in [0.5, 0.6) is 0 Å². The highest BCUT2D eigenvalue weighted by Gasteiger charge is 2.11. The summed E-state index contributed by atoms with van der Waals surface area (Å²) >= 11 is 0. The molecule has 0 aliphatic heterocycles. The van der Waals surface area contributed by atoms with Gasteiger partial charge < -0.3 is 4.90 Å². The minimum atomic E-state index is 0.556. The average Bonchev–Trinajstić information content (AvgIpc) is 2.70. The summed E-state index contributed by atoms with van der Waals surface area (Å²) in [6, 6.07) is 18.0. The summed E-state index contributed by atoms with van der Waals surface area (Å²) in [5, 5.41) is 11.1. The van der Waals surface area contributed by atoms with Gasteiger partial charge in [0.05, 0.1) is 12.1 Å². The van der Waals surface area contributed by atoms with Crippen LogP contribution < -0.4 is 4.90 Å². The SMILES string of the molecule is [C-]#[N+]c1c(/C=C/c2ccc(N(C)C)cc2)ccc2c(C#N)c(C=C)ccc12. The molecular formula is C24H19N3. The molecule has 0 aliphatic rings. The Morgan fingerprint density at radius 3 is 2.22 bits per heavy atom. The van der Waals surface area contributed by atoms with Crippen LogP contribution in [0.3, 0.4) is 0 Å². The van der Waals surface area contributed by atoms with E-state index in [9.17, 15) is 5.26 Å². The first kappa shape index (κ1) is 18.0. The lowest BCUT2D eigenvalue weighted by Crippen LogP contribution is -2.07. The molecule has 3 aromatic carbocycles. The van der Waals surface area contributed by atoms with Crippen molar-refractivity contribution in [3.8, 4) is 6.07 Å². The third-order valence-electron chi connectivity index (χ3n) is 4.54. The van der Waals surface area contributed by atoms with Crippen LogP contribution >= 0.6 is 0 Å². The van der Waals surface area contributed by atoms with E-state index < -0.39 is 0 Å². The zero-order valence-electron chi connectivity index (χ0n) is 15.4. The van der Waals surface area contributed by atoms with Gasteiger partial charge in [-0.05, 0) is 39.6 Å². The molecule has 0 atom stereocenters. The molecule has 0 saturated heterocycles. The van der Waals surface area contributed by atoms with E-state index in [-0.39, 0.29) is 0 Å². The fourth-order valence-corrected chi connectivity index (χ4v) is 3.05. The van der Waals surface area contributed by atoms with Crippen molar-refractivity contribution in [2.24, 2.45) is 0 Å². The molecule has 130 valence electrons. The molecule has 0 spiro atoms. The Morgan fingerprint density at radius 2 is 1.63 bits per heavy atom. The van der Waals surface area contributed by atoms with Crippen molar-refractivity contribution in [2.45, 2.75) is 0 Å². The van der Waals surface area contributed by atoms with Crippen LogP contribution in [-0.4, -0.2) is 14.1 Å². The Labute approximate surface area is 159 Å². The van der Waals surface area contributed by atoms with E-state index in [1.807, 2.05) is 50.5 Å². The second-order valence-electron chi connectivity index (χ2n) is 6.38. The summed E-state index contributed by atoms with van der Waals surface area (Å²) in [5.41, 5.74) is 4.94. The van der Waals surface area contributed by atoms with Crippen molar-refractivity contribution in [1.29, 1.82) is 5.26 Å². The lowest BCUT2D eigenvalue weighted by molar-refractivity contribution is 1.13. The summed E-state index contributed by atoms with van der Waals surface area (Å²) in [6.07, 6.45) is 5.62. The minimum absolute atomic E-state index is 0.556. The van der Waals surface area contributed by atoms with Crippen molar-refractivity contribution >= 4 is 40.4 Å². The summed E-state index contributed by atoms with van der Waals surface area (Å²) in [5.74, 6) is 0. The van der Waals surface area contributed by atoms with Crippen LogP contribution in [0, 0.1) is 17.9 Å². The molecule has 3 nitrogen and oxygen atoms in total. The average molecular weight is 349 g/mol. The first-order valence-corrected chi connectivity index (χ1v) is 8.54. The molecule has 3 rings (SSSR count). The molecule has 0 N–H and O–H groups in total. The largest absolute Gasteiger partial charge is 0.378 e. The predicted octanol–water partition coefficient (Wildman–Crippen LogP) is 6.14. The van der Waals surface area contributed by atoms with Crippen molar-refractivity contribution in [3.05, 3.63) is 88.8 Å². The maximum Gasteiger partial charge on any atom is 0.202 e. The van der Waals surface area contributed by atoms with Crippen LogP contribution in [0.2, 0.25) is 0 Å². The minimum Gasteiger partial charge on any atom is -0.378 e. The molecule has 3 aromatic rings. The Balaban J connectivity index is 2.06. The van der Waals surface area contributed by atoms with Crippen molar-refractivity contribution in [3.63, 3.8) is 0 Å². The van der Waals surface area contributed by atoms with Crippen LogP contribution in [0.4, 0.5) is 11.4 Å². The third-order valence-corrected chi connectivity index (χ3v) is 4.54. The number of fused-ring (bicyclic) bond motifs is 1. The second kappa shape index (κ2) is 7.60. The first-order chi connectivity index (χ1) is 13.1. The number of anilines is 1. The van der Waals surface area contributed by atoms with E-state index in [1.54, 1.807) is 6.08 Å². The summed E-state index contributed by atoms with van der Waals surface area (Å²) in [4.78, 5) is 5.79. The molecule has 0 heterocycles. The number of nitrogens with zero attached hydrogens (tertiary/aromatic N) is 3. The molecular weight excluding hydrogens is 330 g/mol. The van der Waals surface area contributed by atoms with Gasteiger partial charge in [0.15, 0.2) is 0 Å². The Bertz CT molecular complexity index is 1120. The molecule has 27 heavy (non-hydrogen) atoms. The van der Waals surface area contributed by atoms with E-state index in [0.29, 0.717) is 11.3 Å². The Hall–Kier alpha value is -3.82. The number of hydrogen-bond donors (Lipinski definition) is 0. The summed E-state index contributed by atoms with van der Waals surface area (Å²) in [7, 11) is 4.02. The highest BCUT2D eigenvalue weighted by atomic mass is 15.1. The zero-order valence-corrected chi connectivity index (χ0v) is 15.4. The van der Waals surface area contributed by atoms with Crippen molar-refractivity contribution < 1.29 is 0 Å². The normalized spacial score (nSPS) is 10.5. The maximum absolute atomic E-state index is 9.50. The van der Waals surface area contributed by atoms with E-state index in [2.05, 4.69) is 46.7 Å². The Kier molecular flexibility index (Phi) is 5.06. The standard InChI is InChI=1S/C24H19N3/c1-5-18-10-15-22-21(23(18)16-25)14-11-19(24(22)26-2)9-6-17-7-12-20(13-8-17)27(3)4/h5-15H,1H2,3-4H3/b9-6+. The fourth-order valence-electron chi connectivity index (χ4n) is 3.05. The topological polar surface area (TPSA) is 31.4 Å². The van der Waals surface area contributed by atoms with Gasteiger partial charge in [0.2, 0.25) is 5.69 Å². The molecule has 0 bridgehead atoms. The van der Waals surface area contributed by atoms with E-state index >= 15 is 0 Å². The third kappa shape index (κ3) is 3.45. The van der Waals surface area contributed by atoms with Crippen LogP contribution in [0.15, 0.2) is 55.1 Å². The fraction of sp³-hybridized carbons (Fsp3) is 0.0833. The lowest BCUT2D eigenvalue weighted by atomic mass is 9.96. The molecule has 0 aromatic heterocycles. The van der Waals surface area contributed by atoms with Crippen molar-refractivity contribution in [1.82, 2.24) is 0 Å². The Morgan fingerprint density at radius 1 is 0.963 bits per heavy atom. The first-order valence-electron chi connectivity index (χ1n) is 8.54. The number of benzene rings is 3. The molecule has 0 aliphatic carbocycles. The quantitative estimate of drug-likeness (QED) is 0.418. The molecule has 0 fully saturated rings. The van der Waals surface area contributed by atoms with Crippen LogP contribution in [0.25, 0.3) is 33.8 Å². The summed E-state index contributed by atoms with van der Waals surface area (Å²) in [6.45, 7) is 11.4. The van der Waals surface area contributed by atoms with Gasteiger partial charge in [-0.3, -0.25) is 0 Å². The van der Waals surface area contributed by atoms with Gasteiger partial charge in [0.1, 0.15) is 6.07 Å². The monoisotopic (exact) mass is 349 g/mol. The summed E-state index contributed by atoms with van der Waals surface area (Å²) < 4.78 is 0. The number of nitriles is 1. The van der Waals surface area contributed by atoms with Gasteiger partial charge in [0.25, 0.3) is 0 Å². The van der Waals surface area contributed by atoms with Gasteiger partial charge >= 0.3 is 0 Å². The highest BCUT2D eigenvalue weighted by Crippen LogP contribution is 2.34. The second-order valence-corrected chi connectivity index (χ2v) is 6.38. The zero-order chi connectivity index (χ0) is 19.4. The van der Waals surface area contributed by atoms with Gasteiger partial charge in [-0.2, -0.15) is 5.26 Å². The van der Waals surface area contributed by atoms with Crippen LogP contribution in [-0.2, 0) is 0 Å². The molecule has 0 radical (unpaired) electrons. The lowest BCUT2D eigenvalue weighted by Gasteiger charge is -2.11. The molecule has 3 heteroatoms. The van der Waals surface area contributed by atoms with Crippen molar-refractivity contribution in [2.75, 3.05) is 19.0 Å². The number of rotatable bonds is 4. The molecule has 0 saturated carbocycles. The maximum atomic E-state index is 9.50.